The zero-order chi connectivity index (χ0) is 14.8. The lowest BCUT2D eigenvalue weighted by molar-refractivity contribution is 0.0902. The van der Waals surface area contributed by atoms with E-state index in [4.69, 9.17) is 4.74 Å². The lowest BCUT2D eigenvalue weighted by Crippen LogP contribution is -2.21. The van der Waals surface area contributed by atoms with Crippen molar-refractivity contribution in [3.05, 3.63) is 28.5 Å². The van der Waals surface area contributed by atoms with Crippen LogP contribution in [-0.2, 0) is 11.5 Å². The van der Waals surface area contributed by atoms with Crippen LogP contribution in [0.4, 0.5) is 0 Å². The minimum absolute atomic E-state index is 0.426. The fourth-order valence-electron chi connectivity index (χ4n) is 1.84. The summed E-state index contributed by atoms with van der Waals surface area (Å²) in [4.78, 5) is 15.2. The second-order valence-corrected chi connectivity index (χ2v) is 12.5. The zero-order valence-electron chi connectivity index (χ0n) is 12.0. The van der Waals surface area contributed by atoms with Gasteiger partial charge in [-0.1, -0.05) is 19.6 Å². The van der Waals surface area contributed by atoms with Crippen molar-refractivity contribution in [3.8, 4) is 0 Å². The number of pyridine rings is 1. The van der Waals surface area contributed by atoms with Crippen LogP contribution in [-0.4, -0.2) is 30.5 Å². The Morgan fingerprint density at radius 3 is 2.85 bits per heavy atom. The van der Waals surface area contributed by atoms with Gasteiger partial charge < -0.3 is 9.30 Å². The Balaban J connectivity index is 2.08. The van der Waals surface area contributed by atoms with Gasteiger partial charge in [0.2, 0.25) is 0 Å². The highest BCUT2D eigenvalue weighted by molar-refractivity contribution is 9.10. The van der Waals surface area contributed by atoms with Crippen molar-refractivity contribution in [3.63, 3.8) is 0 Å². The first-order valence-corrected chi connectivity index (χ1v) is 11.1. The van der Waals surface area contributed by atoms with Gasteiger partial charge in [-0.05, 0) is 34.1 Å². The molecule has 0 unspecified atom stereocenters. The Hall–Kier alpha value is -0.983. The largest absolute Gasteiger partial charge is 0.361 e. The van der Waals surface area contributed by atoms with E-state index >= 15 is 0 Å². The number of fused-ring (bicyclic) bond motifs is 1. The van der Waals surface area contributed by atoms with E-state index in [0.717, 1.165) is 30.0 Å². The van der Waals surface area contributed by atoms with E-state index in [9.17, 15) is 4.79 Å². The summed E-state index contributed by atoms with van der Waals surface area (Å²) in [5, 5.41) is 0. The summed E-state index contributed by atoms with van der Waals surface area (Å²) in [5.74, 6) is 0. The summed E-state index contributed by atoms with van der Waals surface area (Å²) in [6.45, 7) is 8.31. The molecule has 2 aromatic rings. The van der Waals surface area contributed by atoms with Gasteiger partial charge in [0, 0.05) is 25.4 Å². The molecule has 6 heteroatoms. The molecule has 0 atom stereocenters. The molecule has 0 aliphatic heterocycles. The Kier molecular flexibility index (Phi) is 4.77. The molecule has 0 saturated carbocycles. The SMILES string of the molecule is C[Si](C)(C)CCOCn1ccc2nc(C=O)c(Br)cc21. The van der Waals surface area contributed by atoms with Crippen LogP contribution in [0.3, 0.4) is 0 Å². The van der Waals surface area contributed by atoms with Crippen LogP contribution in [0.5, 0.6) is 0 Å². The van der Waals surface area contributed by atoms with E-state index < -0.39 is 8.07 Å². The van der Waals surface area contributed by atoms with E-state index in [-0.39, 0.29) is 0 Å². The summed E-state index contributed by atoms with van der Waals surface area (Å²) in [6.07, 6.45) is 2.69. The summed E-state index contributed by atoms with van der Waals surface area (Å²) in [5.41, 5.74) is 2.20. The summed E-state index contributed by atoms with van der Waals surface area (Å²) in [7, 11) is -1.05. The topological polar surface area (TPSA) is 44.1 Å². The van der Waals surface area contributed by atoms with Crippen LogP contribution in [0.15, 0.2) is 22.8 Å². The van der Waals surface area contributed by atoms with Gasteiger partial charge in [0.15, 0.2) is 6.29 Å². The van der Waals surface area contributed by atoms with E-state index in [2.05, 4.69) is 40.6 Å². The first-order chi connectivity index (χ1) is 9.40. The quantitative estimate of drug-likeness (QED) is 0.448. The molecule has 2 rings (SSSR count). The van der Waals surface area contributed by atoms with Gasteiger partial charge in [-0.2, -0.15) is 0 Å². The molecule has 2 heterocycles. The van der Waals surface area contributed by atoms with Crippen LogP contribution in [0.25, 0.3) is 11.0 Å². The van der Waals surface area contributed by atoms with Gasteiger partial charge in [-0.3, -0.25) is 4.79 Å². The maximum atomic E-state index is 10.9. The molecule has 0 fully saturated rings. The van der Waals surface area contributed by atoms with Crippen LogP contribution >= 0.6 is 15.9 Å². The number of hydrogen-bond donors (Lipinski definition) is 0. The number of halogens is 1. The molecule has 0 aromatic carbocycles. The Labute approximate surface area is 128 Å². The molecular weight excluding hydrogens is 336 g/mol. The summed E-state index contributed by atoms with van der Waals surface area (Å²) >= 11 is 3.36. The molecule has 0 spiro atoms. The molecule has 0 radical (unpaired) electrons. The van der Waals surface area contributed by atoms with Gasteiger partial charge in [0.05, 0.1) is 11.0 Å². The monoisotopic (exact) mass is 354 g/mol. The van der Waals surface area contributed by atoms with Crippen LogP contribution in [0.1, 0.15) is 10.5 Å². The minimum atomic E-state index is -1.05. The first kappa shape index (κ1) is 15.4. The molecule has 0 bridgehead atoms. The molecule has 0 N–H and O–H groups in total. The standard InChI is InChI=1S/C14H19BrN2O2Si/c1-20(2,3)7-6-19-10-17-5-4-12-14(17)8-11(15)13(9-18)16-12/h4-5,8-9H,6-7,10H2,1-3H3. The number of aromatic nitrogens is 2. The minimum Gasteiger partial charge on any atom is -0.361 e. The highest BCUT2D eigenvalue weighted by Gasteiger charge is 2.12. The molecule has 0 saturated heterocycles. The van der Waals surface area contributed by atoms with Crippen molar-refractivity contribution in [2.45, 2.75) is 32.4 Å². The fraction of sp³-hybridized carbons (Fsp3) is 0.429. The Morgan fingerprint density at radius 1 is 1.45 bits per heavy atom. The van der Waals surface area contributed by atoms with Gasteiger partial charge in [-0.25, -0.2) is 4.98 Å². The van der Waals surface area contributed by atoms with Crippen molar-refractivity contribution < 1.29 is 9.53 Å². The third kappa shape index (κ3) is 3.77. The Bertz CT molecular complexity index is 619. The lowest BCUT2D eigenvalue weighted by Gasteiger charge is -2.15. The number of rotatable bonds is 6. The third-order valence-electron chi connectivity index (χ3n) is 3.07. The molecule has 4 nitrogen and oxygen atoms in total. The summed E-state index contributed by atoms with van der Waals surface area (Å²) in [6, 6.07) is 4.97. The smallest absolute Gasteiger partial charge is 0.169 e. The lowest BCUT2D eigenvalue weighted by atomic mass is 10.3. The molecule has 108 valence electrons. The van der Waals surface area contributed by atoms with E-state index in [1.807, 2.05) is 22.9 Å². The van der Waals surface area contributed by atoms with Gasteiger partial charge >= 0.3 is 0 Å². The van der Waals surface area contributed by atoms with E-state index in [0.29, 0.717) is 16.9 Å². The van der Waals surface area contributed by atoms with Crippen LogP contribution in [0, 0.1) is 0 Å². The highest BCUT2D eigenvalue weighted by atomic mass is 79.9. The van der Waals surface area contributed by atoms with Crippen molar-refractivity contribution in [2.24, 2.45) is 0 Å². The van der Waals surface area contributed by atoms with Crippen LogP contribution in [0.2, 0.25) is 25.7 Å². The highest BCUT2D eigenvalue weighted by Crippen LogP contribution is 2.21. The van der Waals surface area contributed by atoms with Crippen molar-refractivity contribution in [1.29, 1.82) is 0 Å². The number of carbonyl (C=O) groups excluding carboxylic acids is 1. The van der Waals surface area contributed by atoms with E-state index in [1.165, 1.54) is 0 Å². The molecule has 0 aliphatic carbocycles. The van der Waals surface area contributed by atoms with Gasteiger partial charge in [0.25, 0.3) is 0 Å². The molecule has 0 aliphatic rings. The van der Waals surface area contributed by atoms with Crippen molar-refractivity contribution in [2.75, 3.05) is 6.61 Å². The number of aldehydes is 1. The average molecular weight is 355 g/mol. The number of ether oxygens (including phenoxy) is 1. The number of nitrogens with zero attached hydrogens (tertiary/aromatic N) is 2. The predicted octanol–water partition coefficient (Wildman–Crippen LogP) is 3.92. The maximum Gasteiger partial charge on any atom is 0.169 e. The second kappa shape index (κ2) is 6.20. The average Bonchev–Trinajstić information content (AvgIpc) is 2.75. The second-order valence-electron chi connectivity index (χ2n) is 6.01. The Morgan fingerprint density at radius 2 is 2.20 bits per heavy atom. The van der Waals surface area contributed by atoms with Crippen molar-refractivity contribution >= 4 is 41.3 Å². The maximum absolute atomic E-state index is 10.9. The molecule has 20 heavy (non-hydrogen) atoms. The van der Waals surface area contributed by atoms with E-state index in [1.54, 1.807) is 0 Å². The molecular formula is C14H19BrN2O2Si. The normalized spacial score (nSPS) is 12.0. The first-order valence-electron chi connectivity index (χ1n) is 6.59. The summed E-state index contributed by atoms with van der Waals surface area (Å²) < 4.78 is 8.46. The van der Waals surface area contributed by atoms with Gasteiger partial charge in [-0.15, -0.1) is 0 Å². The zero-order valence-corrected chi connectivity index (χ0v) is 14.6. The third-order valence-corrected chi connectivity index (χ3v) is 5.41. The van der Waals surface area contributed by atoms with Crippen LogP contribution < -0.4 is 0 Å². The van der Waals surface area contributed by atoms with Crippen molar-refractivity contribution in [1.82, 2.24) is 9.55 Å². The number of carbonyl (C=O) groups is 1. The molecule has 0 amide bonds. The van der Waals surface area contributed by atoms with Gasteiger partial charge in [0.1, 0.15) is 12.4 Å². The fourth-order valence-corrected chi connectivity index (χ4v) is 2.99. The molecule has 2 aromatic heterocycles. The predicted molar refractivity (Wildman–Crippen MR) is 86.9 cm³/mol. The number of hydrogen-bond acceptors (Lipinski definition) is 3.